The Kier molecular flexibility index (Phi) is 2.35. The summed E-state index contributed by atoms with van der Waals surface area (Å²) >= 11 is 4.56. The Morgan fingerprint density at radius 2 is 1.56 bits per heavy atom. The maximum Gasteiger partial charge on any atom is 0.418 e. The van der Waals surface area contributed by atoms with Gasteiger partial charge in [0.05, 0.1) is 11.9 Å². The van der Waals surface area contributed by atoms with Crippen LogP contribution in [0, 0.1) is 0 Å². The van der Waals surface area contributed by atoms with Crippen molar-refractivity contribution in [3.63, 3.8) is 0 Å². The number of hydrogen-bond acceptors (Lipinski definition) is 1. The van der Waals surface area contributed by atoms with Gasteiger partial charge in [-0.2, -0.15) is 13.2 Å². The molecule has 9 heavy (non-hydrogen) atoms. The molecule has 0 aliphatic carbocycles. The van der Waals surface area contributed by atoms with Crippen molar-refractivity contribution in [2.24, 2.45) is 0 Å². The molecule has 0 amide bonds. The van der Waals surface area contributed by atoms with Gasteiger partial charge in [-0.25, -0.2) is 0 Å². The normalized spacial score (nSPS) is 14.0. The molecule has 0 radical (unpaired) electrons. The van der Waals surface area contributed by atoms with Gasteiger partial charge in [-0.05, 0) is 13.8 Å². The van der Waals surface area contributed by atoms with Gasteiger partial charge in [-0.15, -0.1) is 0 Å². The van der Waals surface area contributed by atoms with Crippen LogP contribution in [0.3, 0.4) is 0 Å². The SMILES string of the molecule is CC(C)(OCl)C(F)(F)F. The van der Waals surface area contributed by atoms with Crippen LogP contribution < -0.4 is 0 Å². The summed E-state index contributed by atoms with van der Waals surface area (Å²) in [6.07, 6.45) is -4.41. The van der Waals surface area contributed by atoms with Crippen molar-refractivity contribution in [3.8, 4) is 0 Å². The Morgan fingerprint density at radius 3 is 1.56 bits per heavy atom. The highest BCUT2D eigenvalue weighted by atomic mass is 35.5. The summed E-state index contributed by atoms with van der Waals surface area (Å²) in [5.41, 5.74) is -2.26. The first kappa shape index (κ1) is 9.04. The summed E-state index contributed by atoms with van der Waals surface area (Å²) < 4.78 is 38.5. The first-order chi connectivity index (χ1) is 3.81. The standard InChI is InChI=1S/C4H6ClF3O/c1-3(2,9-5)4(6,7)8/h1-2H3. The highest BCUT2D eigenvalue weighted by Crippen LogP contribution is 2.33. The van der Waals surface area contributed by atoms with Crippen LogP contribution in [0.4, 0.5) is 13.2 Å². The molecule has 56 valence electrons. The molecule has 0 heterocycles. The lowest BCUT2D eigenvalue weighted by Crippen LogP contribution is -2.39. The van der Waals surface area contributed by atoms with Crippen molar-refractivity contribution < 1.29 is 17.5 Å². The minimum absolute atomic E-state index is 0.847. The van der Waals surface area contributed by atoms with Crippen LogP contribution in [-0.4, -0.2) is 11.8 Å². The number of rotatable bonds is 1. The average molecular weight is 163 g/mol. The molecule has 0 aromatic heterocycles. The number of hydrogen-bond donors (Lipinski definition) is 0. The molecule has 0 aromatic rings. The summed E-state index contributed by atoms with van der Waals surface area (Å²) in [4.78, 5) is 0. The van der Waals surface area contributed by atoms with E-state index >= 15 is 0 Å². The van der Waals surface area contributed by atoms with Gasteiger partial charge in [-0.1, -0.05) is 0 Å². The molecule has 0 aliphatic rings. The van der Waals surface area contributed by atoms with E-state index in [2.05, 4.69) is 16.2 Å². The average Bonchev–Trinajstić information content (AvgIpc) is 1.64. The van der Waals surface area contributed by atoms with Crippen LogP contribution in [0.25, 0.3) is 0 Å². The van der Waals surface area contributed by atoms with E-state index in [1.807, 2.05) is 0 Å². The molecule has 0 unspecified atom stereocenters. The lowest BCUT2D eigenvalue weighted by atomic mass is 10.1. The van der Waals surface area contributed by atoms with E-state index < -0.39 is 11.8 Å². The Labute approximate surface area is 55.9 Å². The quantitative estimate of drug-likeness (QED) is 0.576. The van der Waals surface area contributed by atoms with Gasteiger partial charge in [0.2, 0.25) is 0 Å². The third-order valence-electron chi connectivity index (χ3n) is 0.876. The molecule has 0 bridgehead atoms. The summed E-state index contributed by atoms with van der Waals surface area (Å²) in [5.74, 6) is 0. The zero-order valence-electron chi connectivity index (χ0n) is 4.92. The van der Waals surface area contributed by atoms with Gasteiger partial charge in [-0.3, -0.25) is 4.29 Å². The second kappa shape index (κ2) is 2.34. The molecule has 1 nitrogen and oxygen atoms in total. The molecule has 0 rings (SSSR count). The van der Waals surface area contributed by atoms with Crippen LogP contribution >= 0.6 is 11.9 Å². The zero-order valence-corrected chi connectivity index (χ0v) is 5.68. The van der Waals surface area contributed by atoms with E-state index in [1.54, 1.807) is 0 Å². The van der Waals surface area contributed by atoms with Crippen molar-refractivity contribution in [1.82, 2.24) is 0 Å². The molecule has 0 saturated carbocycles. The molecular formula is C4H6ClF3O. The predicted octanol–water partition coefficient (Wildman–Crippen LogP) is 2.50. The summed E-state index contributed by atoms with van der Waals surface area (Å²) in [5, 5.41) is 0. The van der Waals surface area contributed by atoms with E-state index in [1.165, 1.54) is 0 Å². The third-order valence-corrected chi connectivity index (χ3v) is 1.26. The van der Waals surface area contributed by atoms with Crippen LogP contribution in [-0.2, 0) is 4.29 Å². The Balaban J connectivity index is 4.14. The maximum absolute atomic E-state index is 11.6. The van der Waals surface area contributed by atoms with E-state index in [0.29, 0.717) is 0 Å². The lowest BCUT2D eigenvalue weighted by Gasteiger charge is -2.23. The van der Waals surface area contributed by atoms with E-state index in [4.69, 9.17) is 0 Å². The minimum Gasteiger partial charge on any atom is -0.264 e. The van der Waals surface area contributed by atoms with Gasteiger partial charge in [0.1, 0.15) is 0 Å². The molecule has 0 aliphatic heterocycles. The fourth-order valence-electron chi connectivity index (χ4n) is 0.0437. The number of halogens is 4. The molecule has 0 aromatic carbocycles. The fourth-order valence-corrected chi connectivity index (χ4v) is 0.131. The summed E-state index contributed by atoms with van der Waals surface area (Å²) in [6, 6.07) is 0. The summed E-state index contributed by atoms with van der Waals surface area (Å²) in [7, 11) is 0. The predicted molar refractivity (Wildman–Crippen MR) is 27.1 cm³/mol. The van der Waals surface area contributed by atoms with Crippen molar-refractivity contribution in [2.75, 3.05) is 0 Å². The van der Waals surface area contributed by atoms with Crippen molar-refractivity contribution in [1.29, 1.82) is 0 Å². The van der Waals surface area contributed by atoms with Gasteiger partial charge in [0.25, 0.3) is 0 Å². The first-order valence-electron chi connectivity index (χ1n) is 2.18. The van der Waals surface area contributed by atoms with Crippen LogP contribution in [0.1, 0.15) is 13.8 Å². The highest BCUT2D eigenvalue weighted by Gasteiger charge is 2.48. The Bertz CT molecular complexity index is 98.5. The van der Waals surface area contributed by atoms with Crippen molar-refractivity contribution >= 4 is 11.9 Å². The van der Waals surface area contributed by atoms with Gasteiger partial charge in [0.15, 0.2) is 5.60 Å². The van der Waals surface area contributed by atoms with E-state index in [0.717, 1.165) is 13.8 Å². The highest BCUT2D eigenvalue weighted by molar-refractivity contribution is 6.07. The smallest absolute Gasteiger partial charge is 0.264 e. The maximum atomic E-state index is 11.6. The monoisotopic (exact) mass is 162 g/mol. The van der Waals surface area contributed by atoms with E-state index in [-0.39, 0.29) is 0 Å². The van der Waals surface area contributed by atoms with Crippen LogP contribution in [0.5, 0.6) is 0 Å². The largest absolute Gasteiger partial charge is 0.418 e. The molecule has 0 atom stereocenters. The molecule has 0 fully saturated rings. The van der Waals surface area contributed by atoms with Crippen LogP contribution in [0.15, 0.2) is 0 Å². The topological polar surface area (TPSA) is 9.23 Å². The first-order valence-corrected chi connectivity index (χ1v) is 2.48. The Hall–Kier alpha value is 0.0400. The second-order valence-electron chi connectivity index (χ2n) is 2.09. The van der Waals surface area contributed by atoms with Gasteiger partial charge >= 0.3 is 6.18 Å². The second-order valence-corrected chi connectivity index (χ2v) is 2.24. The third kappa shape index (κ3) is 2.02. The Morgan fingerprint density at radius 1 is 1.22 bits per heavy atom. The molecule has 0 N–H and O–H groups in total. The van der Waals surface area contributed by atoms with Crippen LogP contribution in [0.2, 0.25) is 0 Å². The van der Waals surface area contributed by atoms with Crippen molar-refractivity contribution in [2.45, 2.75) is 25.6 Å². The van der Waals surface area contributed by atoms with Crippen molar-refractivity contribution in [3.05, 3.63) is 0 Å². The zero-order chi connectivity index (χ0) is 7.71. The molecular weight excluding hydrogens is 156 g/mol. The molecule has 0 spiro atoms. The van der Waals surface area contributed by atoms with Gasteiger partial charge in [0, 0.05) is 0 Å². The summed E-state index contributed by atoms with van der Waals surface area (Å²) in [6.45, 7) is 1.69. The molecule has 5 heteroatoms. The molecule has 0 saturated heterocycles. The lowest BCUT2D eigenvalue weighted by molar-refractivity contribution is -0.233. The minimum atomic E-state index is -4.41. The van der Waals surface area contributed by atoms with E-state index in [9.17, 15) is 13.2 Å². The fraction of sp³-hybridized carbons (Fsp3) is 1.00. The van der Waals surface area contributed by atoms with Gasteiger partial charge < -0.3 is 0 Å². The number of alkyl halides is 3.